The number of carbonyl (C=O) groups is 2. The first-order valence-corrected chi connectivity index (χ1v) is 7.12. The van der Waals surface area contributed by atoms with E-state index in [1.54, 1.807) is 12.1 Å². The lowest BCUT2D eigenvalue weighted by Gasteiger charge is -2.12. The number of benzene rings is 1. The Morgan fingerprint density at radius 3 is 2.71 bits per heavy atom. The molecule has 0 aliphatic rings. The van der Waals surface area contributed by atoms with Crippen LogP contribution in [-0.2, 0) is 4.79 Å². The van der Waals surface area contributed by atoms with Gasteiger partial charge in [0.15, 0.2) is 0 Å². The molecule has 0 bridgehead atoms. The van der Waals surface area contributed by atoms with Crippen LogP contribution in [-0.4, -0.2) is 30.3 Å². The second-order valence-electron chi connectivity index (χ2n) is 4.58. The van der Waals surface area contributed by atoms with Gasteiger partial charge in [-0.15, -0.1) is 0 Å². The summed E-state index contributed by atoms with van der Waals surface area (Å²) in [5.74, 6) is -0.237. The van der Waals surface area contributed by atoms with Crippen molar-refractivity contribution < 1.29 is 19.4 Å². The molecule has 1 rings (SSSR count). The maximum atomic E-state index is 11.7. The van der Waals surface area contributed by atoms with Gasteiger partial charge in [-0.25, -0.2) is 4.79 Å². The molecule has 1 aromatic carbocycles. The maximum absolute atomic E-state index is 11.7. The van der Waals surface area contributed by atoms with Crippen LogP contribution in [0.5, 0.6) is 5.75 Å². The molecule has 2 amide bonds. The Kier molecular flexibility index (Phi) is 7.71. The fourth-order valence-electron chi connectivity index (χ4n) is 1.63. The number of carbonyl (C=O) groups excluding carboxylic acids is 1. The SMILES string of the molecule is CCCCOc1ccccc1NC(=O)NCCCC(=O)O. The highest BCUT2D eigenvalue weighted by Gasteiger charge is 2.07. The van der Waals surface area contributed by atoms with E-state index in [0.29, 0.717) is 31.0 Å². The van der Waals surface area contributed by atoms with Crippen molar-refractivity contribution >= 4 is 17.7 Å². The zero-order valence-electron chi connectivity index (χ0n) is 12.2. The van der Waals surface area contributed by atoms with Crippen LogP contribution in [0.1, 0.15) is 32.6 Å². The molecule has 0 aliphatic heterocycles. The number of unbranched alkanes of at least 4 members (excludes halogenated alkanes) is 1. The van der Waals surface area contributed by atoms with Crippen molar-refractivity contribution in [3.05, 3.63) is 24.3 Å². The third-order valence-electron chi connectivity index (χ3n) is 2.74. The van der Waals surface area contributed by atoms with Crippen molar-refractivity contribution in [3.63, 3.8) is 0 Å². The highest BCUT2D eigenvalue weighted by molar-refractivity contribution is 5.90. The van der Waals surface area contributed by atoms with Crippen LogP contribution in [0, 0.1) is 0 Å². The summed E-state index contributed by atoms with van der Waals surface area (Å²) in [5.41, 5.74) is 0.601. The Hall–Kier alpha value is -2.24. The summed E-state index contributed by atoms with van der Waals surface area (Å²) in [6.45, 7) is 3.00. The van der Waals surface area contributed by atoms with Crippen LogP contribution < -0.4 is 15.4 Å². The number of urea groups is 1. The second kappa shape index (κ2) is 9.63. The lowest BCUT2D eigenvalue weighted by Crippen LogP contribution is -2.30. The smallest absolute Gasteiger partial charge is 0.319 e. The van der Waals surface area contributed by atoms with Crippen molar-refractivity contribution in [2.24, 2.45) is 0 Å². The van der Waals surface area contributed by atoms with E-state index in [2.05, 4.69) is 17.6 Å². The summed E-state index contributed by atoms with van der Waals surface area (Å²) in [4.78, 5) is 22.1. The molecule has 0 spiro atoms. The molecule has 1 aromatic rings. The van der Waals surface area contributed by atoms with Gasteiger partial charge in [-0.2, -0.15) is 0 Å². The molecule has 0 fully saturated rings. The number of nitrogens with one attached hydrogen (secondary N) is 2. The zero-order valence-corrected chi connectivity index (χ0v) is 12.2. The first-order chi connectivity index (χ1) is 10.1. The minimum atomic E-state index is -0.869. The highest BCUT2D eigenvalue weighted by Crippen LogP contribution is 2.23. The number of hydrogen-bond donors (Lipinski definition) is 3. The molecule has 21 heavy (non-hydrogen) atoms. The van der Waals surface area contributed by atoms with E-state index in [9.17, 15) is 9.59 Å². The van der Waals surface area contributed by atoms with Gasteiger partial charge in [-0.05, 0) is 25.0 Å². The van der Waals surface area contributed by atoms with Crippen LogP contribution in [0.3, 0.4) is 0 Å². The van der Waals surface area contributed by atoms with E-state index in [4.69, 9.17) is 9.84 Å². The van der Waals surface area contributed by atoms with E-state index in [1.807, 2.05) is 12.1 Å². The molecule has 0 aliphatic carbocycles. The topological polar surface area (TPSA) is 87.7 Å². The summed E-state index contributed by atoms with van der Waals surface area (Å²) in [6, 6.07) is 6.85. The first kappa shape index (κ1) is 16.8. The van der Waals surface area contributed by atoms with E-state index >= 15 is 0 Å². The summed E-state index contributed by atoms with van der Waals surface area (Å²) in [6.07, 6.45) is 2.43. The van der Waals surface area contributed by atoms with Gasteiger partial charge in [-0.1, -0.05) is 25.5 Å². The van der Waals surface area contributed by atoms with E-state index in [-0.39, 0.29) is 12.5 Å². The molecular weight excluding hydrogens is 272 g/mol. The zero-order chi connectivity index (χ0) is 15.5. The predicted molar refractivity (Wildman–Crippen MR) is 80.7 cm³/mol. The number of carboxylic acid groups (broad SMARTS) is 1. The third-order valence-corrected chi connectivity index (χ3v) is 2.74. The van der Waals surface area contributed by atoms with E-state index in [1.165, 1.54) is 0 Å². The molecule has 0 atom stereocenters. The van der Waals surface area contributed by atoms with Crippen molar-refractivity contribution in [3.8, 4) is 5.75 Å². The molecule has 0 heterocycles. The predicted octanol–water partition coefficient (Wildman–Crippen LogP) is 2.85. The Bertz CT molecular complexity index is 463. The van der Waals surface area contributed by atoms with Crippen molar-refractivity contribution in [1.29, 1.82) is 0 Å². The maximum Gasteiger partial charge on any atom is 0.319 e. The van der Waals surface area contributed by atoms with Gasteiger partial charge in [0, 0.05) is 13.0 Å². The minimum Gasteiger partial charge on any atom is -0.491 e. The van der Waals surface area contributed by atoms with Gasteiger partial charge in [0.25, 0.3) is 0 Å². The molecule has 0 unspecified atom stereocenters. The number of hydrogen-bond acceptors (Lipinski definition) is 3. The third kappa shape index (κ3) is 7.20. The fraction of sp³-hybridized carbons (Fsp3) is 0.467. The Morgan fingerprint density at radius 2 is 2.00 bits per heavy atom. The first-order valence-electron chi connectivity index (χ1n) is 7.12. The van der Waals surface area contributed by atoms with Crippen LogP contribution in [0.4, 0.5) is 10.5 Å². The van der Waals surface area contributed by atoms with Gasteiger partial charge in [0.1, 0.15) is 5.75 Å². The molecule has 0 saturated heterocycles. The molecule has 3 N–H and O–H groups in total. The van der Waals surface area contributed by atoms with Gasteiger partial charge >= 0.3 is 12.0 Å². The molecule has 116 valence electrons. The Morgan fingerprint density at radius 1 is 1.24 bits per heavy atom. The molecule has 6 heteroatoms. The molecule has 0 saturated carbocycles. The van der Waals surface area contributed by atoms with Crippen LogP contribution in [0.15, 0.2) is 24.3 Å². The number of ether oxygens (including phenoxy) is 1. The fourth-order valence-corrected chi connectivity index (χ4v) is 1.63. The van der Waals surface area contributed by atoms with Crippen molar-refractivity contribution in [2.75, 3.05) is 18.5 Å². The molecule has 0 aromatic heterocycles. The lowest BCUT2D eigenvalue weighted by atomic mass is 10.3. The van der Waals surface area contributed by atoms with Crippen molar-refractivity contribution in [1.82, 2.24) is 5.32 Å². The Labute approximate surface area is 124 Å². The summed E-state index contributed by atoms with van der Waals surface area (Å²) in [5, 5.41) is 13.8. The Balaban J connectivity index is 2.42. The van der Waals surface area contributed by atoms with Crippen LogP contribution in [0.2, 0.25) is 0 Å². The second-order valence-corrected chi connectivity index (χ2v) is 4.58. The lowest BCUT2D eigenvalue weighted by molar-refractivity contribution is -0.137. The molecule has 6 nitrogen and oxygen atoms in total. The number of anilines is 1. The minimum absolute atomic E-state index is 0.0387. The average Bonchev–Trinajstić information content (AvgIpc) is 2.45. The highest BCUT2D eigenvalue weighted by atomic mass is 16.5. The number of carboxylic acids is 1. The number of amides is 2. The van der Waals surface area contributed by atoms with E-state index < -0.39 is 5.97 Å². The van der Waals surface area contributed by atoms with Crippen LogP contribution >= 0.6 is 0 Å². The summed E-state index contributed by atoms with van der Waals surface area (Å²) >= 11 is 0. The van der Waals surface area contributed by atoms with Gasteiger partial charge in [-0.3, -0.25) is 4.79 Å². The summed E-state index contributed by atoms with van der Waals surface area (Å²) in [7, 11) is 0. The van der Waals surface area contributed by atoms with E-state index in [0.717, 1.165) is 12.8 Å². The standard InChI is InChI=1S/C15H22N2O4/c1-2-3-11-21-13-8-5-4-7-12(13)17-15(20)16-10-6-9-14(18)19/h4-5,7-8H,2-3,6,9-11H2,1H3,(H,18,19)(H2,16,17,20). The van der Waals surface area contributed by atoms with Gasteiger partial charge < -0.3 is 20.5 Å². The average molecular weight is 294 g/mol. The summed E-state index contributed by atoms with van der Waals surface area (Å²) < 4.78 is 5.62. The van der Waals surface area contributed by atoms with Gasteiger partial charge in [0.2, 0.25) is 0 Å². The number of aliphatic carboxylic acids is 1. The van der Waals surface area contributed by atoms with Crippen LogP contribution in [0.25, 0.3) is 0 Å². The quantitative estimate of drug-likeness (QED) is 0.611. The molecular formula is C15H22N2O4. The monoisotopic (exact) mass is 294 g/mol. The van der Waals surface area contributed by atoms with Crippen molar-refractivity contribution in [2.45, 2.75) is 32.6 Å². The van der Waals surface area contributed by atoms with Gasteiger partial charge in [0.05, 0.1) is 12.3 Å². The number of rotatable bonds is 9. The number of para-hydroxylation sites is 2. The molecule has 0 radical (unpaired) electrons. The largest absolute Gasteiger partial charge is 0.491 e. The normalized spacial score (nSPS) is 9.95.